The van der Waals surface area contributed by atoms with Crippen molar-refractivity contribution in [2.45, 2.75) is 34.2 Å². The molecule has 0 radical (unpaired) electrons. The van der Waals surface area contributed by atoms with Crippen molar-refractivity contribution in [3.05, 3.63) is 51.8 Å². The van der Waals surface area contributed by atoms with E-state index in [2.05, 4.69) is 31.9 Å². The Morgan fingerprint density at radius 2 is 1.95 bits per heavy atom. The van der Waals surface area contributed by atoms with E-state index in [4.69, 9.17) is 18.0 Å². The van der Waals surface area contributed by atoms with Crippen LogP contribution >= 0.6 is 12.2 Å². The number of nitrogens with two attached hydrogens (primary N) is 1. The van der Waals surface area contributed by atoms with Gasteiger partial charge in [0.15, 0.2) is 0 Å². The lowest BCUT2D eigenvalue weighted by Gasteiger charge is -2.10. The number of hydrogen-bond acceptors (Lipinski definition) is 2. The summed E-state index contributed by atoms with van der Waals surface area (Å²) in [6.45, 7) is 9.12. The zero-order valence-electron chi connectivity index (χ0n) is 11.8. The van der Waals surface area contributed by atoms with Crippen molar-refractivity contribution in [3.8, 4) is 0 Å². The molecule has 2 rings (SSSR count). The van der Waals surface area contributed by atoms with Gasteiger partial charge in [0.2, 0.25) is 0 Å². The normalized spacial score (nSPS) is 10.7. The molecule has 0 aliphatic heterocycles. The summed E-state index contributed by atoms with van der Waals surface area (Å²) in [6, 6.07) is 6.09. The summed E-state index contributed by atoms with van der Waals surface area (Å²) in [5, 5.41) is 4.57. The Balaban J connectivity index is 2.33. The highest BCUT2D eigenvalue weighted by atomic mass is 32.1. The molecule has 0 atom stereocenters. The Kier molecular flexibility index (Phi) is 3.71. The second-order valence-corrected chi connectivity index (χ2v) is 5.40. The Morgan fingerprint density at radius 1 is 1.26 bits per heavy atom. The van der Waals surface area contributed by atoms with Crippen LogP contribution in [0.15, 0.2) is 18.2 Å². The Hall–Kier alpha value is -1.68. The molecule has 0 amide bonds. The highest BCUT2D eigenvalue weighted by Crippen LogP contribution is 2.16. The molecule has 1 aromatic carbocycles. The molecular weight excluding hydrogens is 254 g/mol. The first-order valence-electron chi connectivity index (χ1n) is 6.30. The number of benzene rings is 1. The van der Waals surface area contributed by atoms with Crippen LogP contribution < -0.4 is 5.73 Å². The fourth-order valence-electron chi connectivity index (χ4n) is 2.13. The fourth-order valence-corrected chi connectivity index (χ4v) is 2.26. The minimum Gasteiger partial charge on any atom is -0.389 e. The molecule has 2 aromatic rings. The Bertz CT molecular complexity index is 641. The van der Waals surface area contributed by atoms with Crippen molar-refractivity contribution in [2.24, 2.45) is 5.73 Å². The van der Waals surface area contributed by atoms with Crippen LogP contribution in [0.5, 0.6) is 0 Å². The maximum absolute atomic E-state index is 5.65. The minimum absolute atomic E-state index is 0.441. The number of hydrogen-bond donors (Lipinski definition) is 1. The van der Waals surface area contributed by atoms with Gasteiger partial charge in [-0.3, -0.25) is 4.68 Å². The molecule has 0 saturated heterocycles. The molecule has 0 fully saturated rings. The number of aromatic nitrogens is 2. The van der Waals surface area contributed by atoms with E-state index < -0.39 is 0 Å². The van der Waals surface area contributed by atoms with Gasteiger partial charge >= 0.3 is 0 Å². The summed E-state index contributed by atoms with van der Waals surface area (Å²) in [6.07, 6.45) is 0. The average Bonchev–Trinajstić information content (AvgIpc) is 2.59. The summed E-state index contributed by atoms with van der Waals surface area (Å²) in [4.78, 5) is 0.441. The summed E-state index contributed by atoms with van der Waals surface area (Å²) >= 11 is 5.00. The van der Waals surface area contributed by atoms with Gasteiger partial charge in [0.25, 0.3) is 0 Å². The van der Waals surface area contributed by atoms with Crippen LogP contribution in [0, 0.1) is 27.7 Å². The molecule has 0 aliphatic carbocycles. The van der Waals surface area contributed by atoms with Crippen molar-refractivity contribution in [1.29, 1.82) is 0 Å². The topological polar surface area (TPSA) is 43.8 Å². The Morgan fingerprint density at radius 3 is 2.42 bits per heavy atom. The molecule has 0 saturated carbocycles. The fraction of sp³-hybridized carbons (Fsp3) is 0.333. The summed E-state index contributed by atoms with van der Waals surface area (Å²) in [7, 11) is 0. The van der Waals surface area contributed by atoms with Crippen molar-refractivity contribution in [3.63, 3.8) is 0 Å². The second kappa shape index (κ2) is 5.13. The smallest absolute Gasteiger partial charge is 0.103 e. The summed E-state index contributed by atoms with van der Waals surface area (Å²) in [5.74, 6) is 0. The van der Waals surface area contributed by atoms with Gasteiger partial charge in [-0.25, -0.2) is 0 Å². The maximum Gasteiger partial charge on any atom is 0.103 e. The van der Waals surface area contributed by atoms with Crippen molar-refractivity contribution in [2.75, 3.05) is 0 Å². The molecule has 100 valence electrons. The van der Waals surface area contributed by atoms with Gasteiger partial charge in [-0.15, -0.1) is 0 Å². The lowest BCUT2D eigenvalue weighted by molar-refractivity contribution is 0.656. The molecule has 0 unspecified atom stereocenters. The third kappa shape index (κ3) is 2.68. The standard InChI is InChI=1S/C15H19N3S/c1-9-7-13(15(16)19)5-6-14(9)8-18-12(4)10(2)11(3)17-18/h5-7H,8H2,1-4H3,(H2,16,19). The first kappa shape index (κ1) is 13.7. The van der Waals surface area contributed by atoms with Crippen LogP contribution in [0.3, 0.4) is 0 Å². The van der Waals surface area contributed by atoms with Gasteiger partial charge < -0.3 is 5.73 Å². The molecule has 0 bridgehead atoms. The lowest BCUT2D eigenvalue weighted by Crippen LogP contribution is -2.11. The molecule has 0 spiro atoms. The van der Waals surface area contributed by atoms with Crippen LogP contribution in [-0.2, 0) is 6.54 Å². The summed E-state index contributed by atoms with van der Waals surface area (Å²) in [5.41, 5.74) is 12.6. The van der Waals surface area contributed by atoms with E-state index in [0.29, 0.717) is 4.99 Å². The molecule has 3 nitrogen and oxygen atoms in total. The molecule has 4 heteroatoms. The first-order chi connectivity index (χ1) is 8.90. The second-order valence-electron chi connectivity index (χ2n) is 4.96. The third-order valence-electron chi connectivity index (χ3n) is 3.69. The number of rotatable bonds is 3. The lowest BCUT2D eigenvalue weighted by atomic mass is 10.0. The number of aryl methyl sites for hydroxylation is 2. The quantitative estimate of drug-likeness (QED) is 0.875. The predicted molar refractivity (Wildman–Crippen MR) is 82.6 cm³/mol. The van der Waals surface area contributed by atoms with Crippen molar-refractivity contribution in [1.82, 2.24) is 9.78 Å². The molecule has 2 N–H and O–H groups in total. The van der Waals surface area contributed by atoms with E-state index in [0.717, 1.165) is 17.8 Å². The Labute approximate surface area is 119 Å². The van der Waals surface area contributed by atoms with Crippen LogP contribution in [0.25, 0.3) is 0 Å². The van der Waals surface area contributed by atoms with Crippen LogP contribution in [0.1, 0.15) is 33.6 Å². The van der Waals surface area contributed by atoms with Crippen LogP contribution in [-0.4, -0.2) is 14.8 Å². The predicted octanol–water partition coefficient (Wildman–Crippen LogP) is 2.80. The van der Waals surface area contributed by atoms with E-state index >= 15 is 0 Å². The molecule has 19 heavy (non-hydrogen) atoms. The van der Waals surface area contributed by atoms with Crippen LogP contribution in [0.4, 0.5) is 0 Å². The monoisotopic (exact) mass is 273 g/mol. The third-order valence-corrected chi connectivity index (χ3v) is 3.93. The van der Waals surface area contributed by atoms with E-state index in [-0.39, 0.29) is 0 Å². The van der Waals surface area contributed by atoms with Gasteiger partial charge in [0.05, 0.1) is 12.2 Å². The molecule has 1 heterocycles. The zero-order chi connectivity index (χ0) is 14.2. The maximum atomic E-state index is 5.65. The van der Waals surface area contributed by atoms with E-state index in [1.807, 2.05) is 23.7 Å². The van der Waals surface area contributed by atoms with Gasteiger partial charge in [0, 0.05) is 11.3 Å². The van der Waals surface area contributed by atoms with Gasteiger partial charge in [-0.2, -0.15) is 5.10 Å². The van der Waals surface area contributed by atoms with Crippen LogP contribution in [0.2, 0.25) is 0 Å². The minimum atomic E-state index is 0.441. The van der Waals surface area contributed by atoms with E-state index in [1.165, 1.54) is 22.4 Å². The highest BCUT2D eigenvalue weighted by molar-refractivity contribution is 7.80. The van der Waals surface area contributed by atoms with Crippen molar-refractivity contribution < 1.29 is 0 Å². The van der Waals surface area contributed by atoms with Gasteiger partial charge in [0.1, 0.15) is 4.99 Å². The number of thiocarbonyl (C=S) groups is 1. The number of nitrogens with zero attached hydrogens (tertiary/aromatic N) is 2. The van der Waals surface area contributed by atoms with E-state index in [1.54, 1.807) is 0 Å². The highest BCUT2D eigenvalue weighted by Gasteiger charge is 2.09. The largest absolute Gasteiger partial charge is 0.389 e. The zero-order valence-corrected chi connectivity index (χ0v) is 12.6. The SMILES string of the molecule is Cc1cc(C(N)=S)ccc1Cn1nc(C)c(C)c1C. The average molecular weight is 273 g/mol. The molecular formula is C15H19N3S. The molecule has 0 aliphatic rings. The van der Waals surface area contributed by atoms with E-state index in [9.17, 15) is 0 Å². The van der Waals surface area contributed by atoms with Gasteiger partial charge in [-0.05, 0) is 50.5 Å². The summed E-state index contributed by atoms with van der Waals surface area (Å²) < 4.78 is 2.05. The van der Waals surface area contributed by atoms with Crippen molar-refractivity contribution >= 4 is 17.2 Å². The van der Waals surface area contributed by atoms with Gasteiger partial charge in [-0.1, -0.05) is 24.4 Å². The molecule has 1 aromatic heterocycles. The first-order valence-corrected chi connectivity index (χ1v) is 6.71.